The highest BCUT2D eigenvalue weighted by atomic mass is 19.1. The predicted molar refractivity (Wildman–Crippen MR) is 94.8 cm³/mol. The van der Waals surface area contributed by atoms with Crippen LogP contribution in [0.15, 0.2) is 29.1 Å². The van der Waals surface area contributed by atoms with E-state index in [9.17, 15) is 14.0 Å². The van der Waals surface area contributed by atoms with Gasteiger partial charge in [0.1, 0.15) is 17.7 Å². The Labute approximate surface area is 150 Å². The number of benzene rings is 1. The van der Waals surface area contributed by atoms with Crippen molar-refractivity contribution in [3.63, 3.8) is 0 Å². The normalized spacial score (nSPS) is 15.9. The Morgan fingerprint density at radius 3 is 2.65 bits per heavy atom. The summed E-state index contributed by atoms with van der Waals surface area (Å²) in [7, 11) is 1.47. The van der Waals surface area contributed by atoms with Crippen molar-refractivity contribution in [2.24, 2.45) is 5.73 Å². The van der Waals surface area contributed by atoms with Crippen molar-refractivity contribution in [3.05, 3.63) is 40.4 Å². The van der Waals surface area contributed by atoms with Gasteiger partial charge in [-0.1, -0.05) is 0 Å². The SMILES string of the molecule is COc1cc(F)cc2c1ccc(=O)n2CCN1CCC(OC(N)=O)CC1. The van der Waals surface area contributed by atoms with E-state index in [-0.39, 0.29) is 11.7 Å². The van der Waals surface area contributed by atoms with Crippen LogP contribution in [-0.2, 0) is 11.3 Å². The highest BCUT2D eigenvalue weighted by molar-refractivity contribution is 5.85. The molecule has 0 radical (unpaired) electrons. The first-order chi connectivity index (χ1) is 12.5. The van der Waals surface area contributed by atoms with Crippen LogP contribution >= 0.6 is 0 Å². The van der Waals surface area contributed by atoms with Crippen LogP contribution in [0.2, 0.25) is 0 Å². The number of primary amides is 1. The Balaban J connectivity index is 1.73. The lowest BCUT2D eigenvalue weighted by atomic mass is 10.1. The summed E-state index contributed by atoms with van der Waals surface area (Å²) < 4.78 is 25.7. The van der Waals surface area contributed by atoms with Crippen molar-refractivity contribution in [1.82, 2.24) is 9.47 Å². The second-order valence-corrected chi connectivity index (χ2v) is 6.34. The molecule has 0 bridgehead atoms. The fraction of sp³-hybridized carbons (Fsp3) is 0.444. The molecule has 8 heteroatoms. The van der Waals surface area contributed by atoms with Crippen LogP contribution in [0.1, 0.15) is 12.8 Å². The molecule has 0 spiro atoms. The van der Waals surface area contributed by atoms with Crippen molar-refractivity contribution >= 4 is 17.0 Å². The number of halogens is 1. The number of fused-ring (bicyclic) bond motifs is 1. The third kappa shape index (κ3) is 3.96. The standard InChI is InChI=1S/C18H22FN3O4/c1-25-16-11-12(19)10-15-14(16)2-3-17(23)22(15)9-8-21-6-4-13(5-7-21)26-18(20)24/h2-3,10-11,13H,4-9H2,1H3,(H2,20,24). The van der Waals surface area contributed by atoms with Crippen molar-refractivity contribution in [2.75, 3.05) is 26.7 Å². The number of hydrogen-bond donors (Lipinski definition) is 1. The fourth-order valence-corrected chi connectivity index (χ4v) is 3.39. The second kappa shape index (κ2) is 7.74. The van der Waals surface area contributed by atoms with Crippen LogP contribution in [0.25, 0.3) is 10.9 Å². The molecule has 1 aromatic heterocycles. The zero-order valence-electron chi connectivity index (χ0n) is 14.6. The van der Waals surface area contributed by atoms with Gasteiger partial charge in [0.05, 0.1) is 12.6 Å². The number of aromatic nitrogens is 1. The maximum absolute atomic E-state index is 13.9. The lowest BCUT2D eigenvalue weighted by Gasteiger charge is -2.31. The number of amides is 1. The second-order valence-electron chi connectivity index (χ2n) is 6.34. The minimum Gasteiger partial charge on any atom is -0.496 e. The summed E-state index contributed by atoms with van der Waals surface area (Å²) in [6, 6.07) is 5.78. The van der Waals surface area contributed by atoms with Gasteiger partial charge < -0.3 is 24.7 Å². The molecule has 3 rings (SSSR count). The molecule has 1 aromatic carbocycles. The molecule has 0 aliphatic carbocycles. The number of piperidine rings is 1. The van der Waals surface area contributed by atoms with Gasteiger partial charge in [-0.3, -0.25) is 4.79 Å². The van der Waals surface area contributed by atoms with Gasteiger partial charge in [0.15, 0.2) is 0 Å². The van der Waals surface area contributed by atoms with E-state index in [4.69, 9.17) is 15.2 Å². The van der Waals surface area contributed by atoms with E-state index in [1.54, 1.807) is 10.6 Å². The lowest BCUT2D eigenvalue weighted by molar-refractivity contribution is 0.0554. The molecule has 1 saturated heterocycles. The van der Waals surface area contributed by atoms with Crippen LogP contribution in [0, 0.1) is 5.82 Å². The van der Waals surface area contributed by atoms with Gasteiger partial charge in [-0.15, -0.1) is 0 Å². The van der Waals surface area contributed by atoms with Crippen LogP contribution < -0.4 is 16.0 Å². The molecule has 1 aliphatic heterocycles. The van der Waals surface area contributed by atoms with Gasteiger partial charge in [0.2, 0.25) is 0 Å². The molecular weight excluding hydrogens is 341 g/mol. The Morgan fingerprint density at radius 2 is 2.00 bits per heavy atom. The third-order valence-electron chi connectivity index (χ3n) is 4.71. The molecule has 1 aliphatic rings. The summed E-state index contributed by atoms with van der Waals surface area (Å²) in [5.41, 5.74) is 5.38. The van der Waals surface area contributed by atoms with E-state index < -0.39 is 11.9 Å². The Morgan fingerprint density at radius 1 is 1.27 bits per heavy atom. The highest BCUT2D eigenvalue weighted by Gasteiger charge is 2.21. The molecule has 140 valence electrons. The quantitative estimate of drug-likeness (QED) is 0.874. The van der Waals surface area contributed by atoms with Gasteiger partial charge in [-0.25, -0.2) is 9.18 Å². The summed E-state index contributed by atoms with van der Waals surface area (Å²) in [6.07, 6.45) is 0.509. The minimum atomic E-state index is -0.748. The van der Waals surface area contributed by atoms with Gasteiger partial charge >= 0.3 is 6.09 Å². The molecule has 0 atom stereocenters. The number of likely N-dealkylation sites (tertiary alicyclic amines) is 1. The van der Waals surface area contributed by atoms with Crippen LogP contribution in [0.4, 0.5) is 9.18 Å². The van der Waals surface area contributed by atoms with Gasteiger partial charge in [0, 0.05) is 43.7 Å². The number of ether oxygens (including phenoxy) is 2. The first-order valence-electron chi connectivity index (χ1n) is 8.53. The maximum Gasteiger partial charge on any atom is 0.404 e. The average Bonchev–Trinajstić information content (AvgIpc) is 2.61. The Kier molecular flexibility index (Phi) is 5.41. The lowest BCUT2D eigenvalue weighted by Crippen LogP contribution is -2.40. The Hall–Kier alpha value is -2.61. The molecule has 2 heterocycles. The van der Waals surface area contributed by atoms with E-state index in [2.05, 4.69) is 4.90 Å². The molecule has 0 saturated carbocycles. The number of nitrogens with two attached hydrogens (primary N) is 1. The van der Waals surface area contributed by atoms with E-state index in [1.807, 2.05) is 0 Å². The summed E-state index contributed by atoms with van der Waals surface area (Å²) in [5, 5.41) is 0.696. The zero-order valence-corrected chi connectivity index (χ0v) is 14.6. The number of rotatable bonds is 5. The van der Waals surface area contributed by atoms with Gasteiger partial charge in [-0.2, -0.15) is 0 Å². The number of carbonyl (C=O) groups is 1. The van der Waals surface area contributed by atoms with Crippen molar-refractivity contribution in [1.29, 1.82) is 0 Å². The van der Waals surface area contributed by atoms with Crippen LogP contribution in [-0.4, -0.2) is 48.4 Å². The molecule has 2 N–H and O–H groups in total. The molecule has 1 amide bonds. The number of pyridine rings is 1. The summed E-state index contributed by atoms with van der Waals surface area (Å²) in [4.78, 5) is 25.3. The predicted octanol–water partition coefficient (Wildman–Crippen LogP) is 1.71. The molecule has 7 nitrogen and oxygen atoms in total. The van der Waals surface area contributed by atoms with Gasteiger partial charge in [-0.05, 0) is 25.0 Å². The molecule has 1 fully saturated rings. The summed E-state index contributed by atoms with van der Waals surface area (Å²) >= 11 is 0. The number of methoxy groups -OCH3 is 1. The number of hydrogen-bond acceptors (Lipinski definition) is 5. The molecule has 0 unspecified atom stereocenters. The monoisotopic (exact) mass is 363 g/mol. The Bertz CT molecular complexity index is 859. The maximum atomic E-state index is 13.9. The molecular formula is C18H22FN3O4. The van der Waals surface area contributed by atoms with Crippen molar-refractivity contribution < 1.29 is 18.7 Å². The number of carbonyl (C=O) groups excluding carboxylic acids is 1. The van der Waals surface area contributed by atoms with E-state index >= 15 is 0 Å². The van der Waals surface area contributed by atoms with Crippen molar-refractivity contribution in [3.8, 4) is 5.75 Å². The largest absolute Gasteiger partial charge is 0.496 e. The van der Waals surface area contributed by atoms with Crippen LogP contribution in [0.5, 0.6) is 5.75 Å². The summed E-state index contributed by atoms with van der Waals surface area (Å²) in [6.45, 7) is 2.57. The van der Waals surface area contributed by atoms with Crippen LogP contribution in [0.3, 0.4) is 0 Å². The smallest absolute Gasteiger partial charge is 0.404 e. The van der Waals surface area contributed by atoms with E-state index in [0.717, 1.165) is 13.1 Å². The van der Waals surface area contributed by atoms with Crippen molar-refractivity contribution in [2.45, 2.75) is 25.5 Å². The minimum absolute atomic E-state index is 0.151. The molecule has 2 aromatic rings. The third-order valence-corrected chi connectivity index (χ3v) is 4.71. The van der Waals surface area contributed by atoms with E-state index in [0.29, 0.717) is 42.6 Å². The first kappa shape index (κ1) is 18.2. The first-order valence-corrected chi connectivity index (χ1v) is 8.53. The topological polar surface area (TPSA) is 86.8 Å². The average molecular weight is 363 g/mol. The number of nitrogens with zero attached hydrogens (tertiary/aromatic N) is 2. The van der Waals surface area contributed by atoms with E-state index in [1.165, 1.54) is 25.3 Å². The highest BCUT2D eigenvalue weighted by Crippen LogP contribution is 2.26. The van der Waals surface area contributed by atoms with Gasteiger partial charge in [0.25, 0.3) is 5.56 Å². The summed E-state index contributed by atoms with van der Waals surface area (Å²) in [5.74, 6) is -0.0451. The molecule has 26 heavy (non-hydrogen) atoms. The zero-order chi connectivity index (χ0) is 18.7. The fourth-order valence-electron chi connectivity index (χ4n) is 3.39.